The molecule has 3 rings (SSSR count). The van der Waals surface area contributed by atoms with Crippen molar-refractivity contribution >= 4 is 34.8 Å². The fraction of sp³-hybridized carbons (Fsp3) is 0.583. The summed E-state index contributed by atoms with van der Waals surface area (Å²) in [5.74, 6) is 0.543. The first-order chi connectivity index (χ1) is 16.8. The van der Waals surface area contributed by atoms with E-state index in [1.807, 2.05) is 24.9 Å². The van der Waals surface area contributed by atoms with Gasteiger partial charge in [0.05, 0.1) is 24.0 Å². The molecule has 2 amide bonds. The third-order valence-corrected chi connectivity index (χ3v) is 6.47. The van der Waals surface area contributed by atoms with Crippen molar-refractivity contribution in [1.29, 1.82) is 5.26 Å². The highest BCUT2D eigenvalue weighted by Gasteiger charge is 2.33. The summed E-state index contributed by atoms with van der Waals surface area (Å²) in [6.07, 6.45) is 4.86. The SMILES string of the molecule is CCCC(=O)OCCN(C)C(=O)n1ccc2c(N(C)[C@H]3CN(C(=O)CC#N)CC[C@H]3C)ncnc21. The molecule has 0 aromatic carbocycles. The van der Waals surface area contributed by atoms with Crippen molar-refractivity contribution in [1.82, 2.24) is 24.3 Å². The molecule has 35 heavy (non-hydrogen) atoms. The van der Waals surface area contributed by atoms with Crippen LogP contribution in [0, 0.1) is 17.2 Å². The molecule has 11 nitrogen and oxygen atoms in total. The zero-order valence-corrected chi connectivity index (χ0v) is 20.8. The van der Waals surface area contributed by atoms with Gasteiger partial charge in [-0.3, -0.25) is 14.2 Å². The lowest BCUT2D eigenvalue weighted by Crippen LogP contribution is -2.52. The number of hydrogen-bond acceptors (Lipinski definition) is 8. The van der Waals surface area contributed by atoms with Crippen LogP contribution in [-0.2, 0) is 14.3 Å². The molecule has 0 radical (unpaired) electrons. The number of likely N-dealkylation sites (tertiary alicyclic amines) is 1. The number of aromatic nitrogens is 3. The van der Waals surface area contributed by atoms with Gasteiger partial charge >= 0.3 is 12.0 Å². The first kappa shape index (κ1) is 25.9. The van der Waals surface area contributed by atoms with Gasteiger partial charge in [0, 0.05) is 39.8 Å². The number of nitrogens with zero attached hydrogens (tertiary/aromatic N) is 7. The fourth-order valence-corrected chi connectivity index (χ4v) is 4.34. The van der Waals surface area contributed by atoms with Crippen LogP contribution in [-0.4, -0.2) is 88.6 Å². The van der Waals surface area contributed by atoms with Crippen molar-refractivity contribution in [3.05, 3.63) is 18.6 Å². The molecule has 0 bridgehead atoms. The highest BCUT2D eigenvalue weighted by Crippen LogP contribution is 2.29. The summed E-state index contributed by atoms with van der Waals surface area (Å²) < 4.78 is 6.61. The summed E-state index contributed by atoms with van der Waals surface area (Å²) in [7, 11) is 3.57. The molecule has 2 aromatic heterocycles. The monoisotopic (exact) mass is 483 g/mol. The normalized spacial score (nSPS) is 17.6. The Balaban J connectivity index is 1.76. The highest BCUT2D eigenvalue weighted by molar-refractivity contribution is 5.94. The number of nitriles is 1. The number of rotatable bonds is 8. The Hall–Kier alpha value is -3.68. The Morgan fingerprint density at radius 3 is 2.77 bits per heavy atom. The average molecular weight is 484 g/mol. The number of carbonyl (C=O) groups is 3. The van der Waals surface area contributed by atoms with E-state index in [1.54, 1.807) is 24.2 Å². The van der Waals surface area contributed by atoms with Crippen molar-refractivity contribution in [2.24, 2.45) is 5.92 Å². The van der Waals surface area contributed by atoms with Gasteiger partial charge in [0.25, 0.3) is 0 Å². The number of likely N-dealkylation sites (N-methyl/N-ethyl adjacent to an activating group) is 2. The molecule has 2 atom stereocenters. The summed E-state index contributed by atoms with van der Waals surface area (Å²) in [6.45, 7) is 5.57. The second-order valence-electron chi connectivity index (χ2n) is 8.91. The van der Waals surface area contributed by atoms with E-state index in [0.717, 1.165) is 11.8 Å². The number of ether oxygens (including phenoxy) is 1. The lowest BCUT2D eigenvalue weighted by Gasteiger charge is -2.42. The lowest BCUT2D eigenvalue weighted by atomic mass is 9.92. The number of anilines is 1. The number of piperidine rings is 1. The van der Waals surface area contributed by atoms with Crippen LogP contribution in [0.4, 0.5) is 10.6 Å². The molecule has 11 heteroatoms. The Bertz CT molecular complexity index is 1110. The molecule has 3 heterocycles. The van der Waals surface area contributed by atoms with Gasteiger partial charge in [-0.25, -0.2) is 14.8 Å². The first-order valence-electron chi connectivity index (χ1n) is 11.9. The molecule has 0 spiro atoms. The highest BCUT2D eigenvalue weighted by atomic mass is 16.5. The molecular weight excluding hydrogens is 450 g/mol. The van der Waals surface area contributed by atoms with Crippen LogP contribution in [0.15, 0.2) is 18.6 Å². The van der Waals surface area contributed by atoms with Crippen molar-refractivity contribution in [3.63, 3.8) is 0 Å². The smallest absolute Gasteiger partial charge is 0.329 e. The van der Waals surface area contributed by atoms with Crippen molar-refractivity contribution < 1.29 is 19.1 Å². The number of esters is 1. The van der Waals surface area contributed by atoms with Crippen LogP contribution in [0.2, 0.25) is 0 Å². The van der Waals surface area contributed by atoms with Crippen LogP contribution in [0.25, 0.3) is 11.0 Å². The Morgan fingerprint density at radius 2 is 2.06 bits per heavy atom. The molecule has 0 unspecified atom stereocenters. The quantitative estimate of drug-likeness (QED) is 0.524. The van der Waals surface area contributed by atoms with Gasteiger partial charge in [-0.15, -0.1) is 0 Å². The Morgan fingerprint density at radius 1 is 1.29 bits per heavy atom. The lowest BCUT2D eigenvalue weighted by molar-refractivity contribution is -0.143. The maximum Gasteiger partial charge on any atom is 0.329 e. The van der Waals surface area contributed by atoms with E-state index in [9.17, 15) is 14.4 Å². The zero-order valence-electron chi connectivity index (χ0n) is 20.8. The molecule has 1 fully saturated rings. The predicted octanol–water partition coefficient (Wildman–Crippen LogP) is 2.26. The van der Waals surface area contributed by atoms with Gasteiger partial charge in [0.2, 0.25) is 5.91 Å². The largest absolute Gasteiger partial charge is 0.464 e. The number of amides is 2. The third kappa shape index (κ3) is 5.88. The summed E-state index contributed by atoms with van der Waals surface area (Å²) in [5.41, 5.74) is 0.475. The van der Waals surface area contributed by atoms with Crippen molar-refractivity contribution in [3.8, 4) is 6.07 Å². The Labute approximate surface area is 205 Å². The summed E-state index contributed by atoms with van der Waals surface area (Å²) >= 11 is 0. The number of fused-ring (bicyclic) bond motifs is 1. The van der Waals surface area contributed by atoms with Crippen molar-refractivity contribution in [2.75, 3.05) is 45.2 Å². The molecule has 1 saturated heterocycles. The number of hydrogen-bond donors (Lipinski definition) is 0. The molecule has 2 aromatic rings. The van der Waals surface area contributed by atoms with Crippen molar-refractivity contribution in [2.45, 2.75) is 45.6 Å². The van der Waals surface area contributed by atoms with Crippen LogP contribution >= 0.6 is 0 Å². The van der Waals surface area contributed by atoms with Gasteiger partial charge in [0.1, 0.15) is 25.2 Å². The van der Waals surface area contributed by atoms with E-state index in [-0.39, 0.29) is 43.5 Å². The van der Waals surface area contributed by atoms with Crippen LogP contribution in [0.3, 0.4) is 0 Å². The standard InChI is InChI=1S/C24H33N7O4/c1-5-6-21(33)35-14-13-28(3)24(34)31-12-9-18-22(26-16-27-23(18)31)29(4)19-15-30(11-8-17(19)2)20(32)7-10-25/h9,12,16-17,19H,5-8,11,13-15H2,1-4H3/t17-,19+/m1/s1. The minimum Gasteiger partial charge on any atom is -0.464 e. The maximum absolute atomic E-state index is 13.0. The molecule has 0 saturated carbocycles. The van der Waals surface area contributed by atoms with Crippen LogP contribution < -0.4 is 4.90 Å². The number of carbonyl (C=O) groups excluding carboxylic acids is 3. The van der Waals surface area contributed by atoms with Gasteiger partial charge in [-0.2, -0.15) is 5.26 Å². The maximum atomic E-state index is 13.0. The van der Waals surface area contributed by atoms with Gasteiger partial charge in [0.15, 0.2) is 5.65 Å². The molecule has 0 N–H and O–H groups in total. The third-order valence-electron chi connectivity index (χ3n) is 6.47. The second-order valence-corrected chi connectivity index (χ2v) is 8.91. The molecule has 1 aliphatic heterocycles. The molecule has 1 aliphatic rings. The van der Waals surface area contributed by atoms with E-state index in [0.29, 0.717) is 43.3 Å². The van der Waals surface area contributed by atoms with Gasteiger partial charge < -0.3 is 19.4 Å². The molecular formula is C24H33N7O4. The van der Waals surface area contributed by atoms with E-state index >= 15 is 0 Å². The minimum atomic E-state index is -0.293. The Kier molecular flexibility index (Phi) is 8.63. The summed E-state index contributed by atoms with van der Waals surface area (Å²) in [4.78, 5) is 51.0. The molecule has 188 valence electrons. The fourth-order valence-electron chi connectivity index (χ4n) is 4.34. The summed E-state index contributed by atoms with van der Waals surface area (Å²) in [5, 5.41) is 9.61. The second kappa shape index (κ2) is 11.6. The summed E-state index contributed by atoms with van der Waals surface area (Å²) in [6, 6.07) is 3.45. The van der Waals surface area contributed by atoms with Gasteiger partial charge in [-0.05, 0) is 24.8 Å². The van der Waals surface area contributed by atoms with Crippen LogP contribution in [0.5, 0.6) is 0 Å². The zero-order chi connectivity index (χ0) is 25.5. The predicted molar refractivity (Wildman–Crippen MR) is 130 cm³/mol. The minimum absolute atomic E-state index is 0.00373. The van der Waals surface area contributed by atoms with E-state index in [4.69, 9.17) is 10.00 Å². The first-order valence-corrected chi connectivity index (χ1v) is 11.9. The van der Waals surface area contributed by atoms with Crippen LogP contribution in [0.1, 0.15) is 39.5 Å². The van der Waals surface area contributed by atoms with E-state index in [1.165, 1.54) is 15.8 Å². The topological polar surface area (TPSA) is 125 Å². The molecule has 0 aliphatic carbocycles. The van der Waals surface area contributed by atoms with E-state index < -0.39 is 0 Å². The van der Waals surface area contributed by atoms with E-state index in [2.05, 4.69) is 16.9 Å². The van der Waals surface area contributed by atoms with Gasteiger partial charge in [-0.1, -0.05) is 13.8 Å². The average Bonchev–Trinajstić information content (AvgIpc) is 3.28.